The van der Waals surface area contributed by atoms with Crippen molar-refractivity contribution in [3.8, 4) is 17.1 Å². The Bertz CT molecular complexity index is 1290. The fraction of sp³-hybridized carbons (Fsp3) is 0.0870. The largest absolute Gasteiger partial charge is 0.272 e. The van der Waals surface area contributed by atoms with E-state index in [1.165, 1.54) is 11.8 Å². The molecule has 4 aromatic rings. The number of carbonyl (C=O) groups excluding carboxylic acids is 1. The molecular formula is C23H18Cl2N6OS. The first kappa shape index (κ1) is 23.0. The summed E-state index contributed by atoms with van der Waals surface area (Å²) in [6.07, 6.45) is 3.38. The summed E-state index contributed by atoms with van der Waals surface area (Å²) in [4.78, 5) is 16.5. The molecule has 0 fully saturated rings. The number of amides is 1. The molecule has 0 aliphatic heterocycles. The summed E-state index contributed by atoms with van der Waals surface area (Å²) >= 11 is 13.5. The van der Waals surface area contributed by atoms with Crippen molar-refractivity contribution in [3.05, 3.63) is 88.7 Å². The van der Waals surface area contributed by atoms with Crippen molar-refractivity contribution in [2.45, 2.75) is 12.1 Å². The maximum absolute atomic E-state index is 12.5. The van der Waals surface area contributed by atoms with Crippen molar-refractivity contribution in [2.24, 2.45) is 5.10 Å². The molecule has 0 bridgehead atoms. The SMILES string of the molecule is C/C(=N\NC(=O)CSc1nnc(-c2ccncc2)n1-c1ccc(Cl)cc1)c1ccccc1Cl. The maximum atomic E-state index is 12.5. The van der Waals surface area contributed by atoms with Gasteiger partial charge in [-0.15, -0.1) is 10.2 Å². The lowest BCUT2D eigenvalue weighted by molar-refractivity contribution is -0.118. The highest BCUT2D eigenvalue weighted by Crippen LogP contribution is 2.28. The molecule has 0 aliphatic carbocycles. The Balaban J connectivity index is 1.53. The van der Waals surface area contributed by atoms with E-state index in [1.54, 1.807) is 37.5 Å². The highest BCUT2D eigenvalue weighted by molar-refractivity contribution is 7.99. The molecule has 0 radical (unpaired) electrons. The van der Waals surface area contributed by atoms with E-state index in [-0.39, 0.29) is 11.7 Å². The van der Waals surface area contributed by atoms with Crippen LogP contribution < -0.4 is 5.43 Å². The van der Waals surface area contributed by atoms with Crippen molar-refractivity contribution in [3.63, 3.8) is 0 Å². The molecule has 0 unspecified atom stereocenters. The molecule has 2 heterocycles. The molecule has 10 heteroatoms. The molecule has 33 heavy (non-hydrogen) atoms. The number of hydrogen-bond acceptors (Lipinski definition) is 6. The number of halogens is 2. The number of thioether (sulfide) groups is 1. The fourth-order valence-corrected chi connectivity index (χ4v) is 4.14. The normalized spacial score (nSPS) is 11.4. The topological polar surface area (TPSA) is 85.1 Å². The fourth-order valence-electron chi connectivity index (χ4n) is 3.00. The Morgan fingerprint density at radius 1 is 1.03 bits per heavy atom. The zero-order valence-electron chi connectivity index (χ0n) is 17.4. The smallest absolute Gasteiger partial charge is 0.250 e. The van der Waals surface area contributed by atoms with Crippen molar-refractivity contribution in [1.82, 2.24) is 25.2 Å². The number of pyridine rings is 1. The molecule has 2 aromatic carbocycles. The van der Waals surface area contributed by atoms with Gasteiger partial charge in [-0.2, -0.15) is 5.10 Å². The number of hydrogen-bond donors (Lipinski definition) is 1. The first-order valence-corrected chi connectivity index (χ1v) is 11.6. The van der Waals surface area contributed by atoms with Gasteiger partial charge in [0.15, 0.2) is 11.0 Å². The van der Waals surface area contributed by atoms with Gasteiger partial charge in [-0.25, -0.2) is 5.43 Å². The van der Waals surface area contributed by atoms with Crippen LogP contribution in [0.25, 0.3) is 17.1 Å². The van der Waals surface area contributed by atoms with Gasteiger partial charge in [0, 0.05) is 39.3 Å². The van der Waals surface area contributed by atoms with Gasteiger partial charge in [0.05, 0.1) is 11.5 Å². The monoisotopic (exact) mass is 496 g/mol. The van der Waals surface area contributed by atoms with Gasteiger partial charge in [0.1, 0.15) is 0 Å². The number of rotatable bonds is 7. The Labute approximate surface area is 204 Å². The lowest BCUT2D eigenvalue weighted by Crippen LogP contribution is -2.21. The van der Waals surface area contributed by atoms with Gasteiger partial charge >= 0.3 is 0 Å². The van der Waals surface area contributed by atoms with Crippen LogP contribution in [-0.2, 0) is 4.79 Å². The third-order valence-corrected chi connectivity index (χ3v) is 6.11. The minimum Gasteiger partial charge on any atom is -0.272 e. The summed E-state index contributed by atoms with van der Waals surface area (Å²) in [5.74, 6) is 0.458. The lowest BCUT2D eigenvalue weighted by Gasteiger charge is -2.10. The lowest BCUT2D eigenvalue weighted by atomic mass is 10.1. The number of carbonyl (C=O) groups is 1. The standard InChI is InChI=1S/C23H18Cl2N6OS/c1-15(19-4-2-3-5-20(19)25)27-28-21(32)14-33-23-30-29-22(16-10-12-26-13-11-16)31(23)18-8-6-17(24)7-9-18/h2-13H,14H2,1H3,(H,28,32)/b27-15+. The summed E-state index contributed by atoms with van der Waals surface area (Å²) in [7, 11) is 0. The van der Waals surface area contributed by atoms with Gasteiger partial charge < -0.3 is 0 Å². The molecule has 0 aliphatic rings. The van der Waals surface area contributed by atoms with Crippen LogP contribution in [0.4, 0.5) is 0 Å². The predicted molar refractivity (Wildman–Crippen MR) is 132 cm³/mol. The predicted octanol–water partition coefficient (Wildman–Crippen LogP) is 5.27. The van der Waals surface area contributed by atoms with Crippen LogP contribution in [0.2, 0.25) is 10.0 Å². The number of benzene rings is 2. The van der Waals surface area contributed by atoms with Crippen LogP contribution in [0, 0.1) is 0 Å². The number of hydrazone groups is 1. The van der Waals surface area contributed by atoms with E-state index >= 15 is 0 Å². The Kier molecular flexibility index (Phi) is 7.39. The molecule has 166 valence electrons. The first-order chi connectivity index (χ1) is 16.0. The quantitative estimate of drug-likeness (QED) is 0.214. The molecule has 1 amide bonds. The second-order valence-electron chi connectivity index (χ2n) is 6.85. The average molecular weight is 497 g/mol. The van der Waals surface area contributed by atoms with Gasteiger partial charge in [0.25, 0.3) is 5.91 Å². The summed E-state index contributed by atoms with van der Waals surface area (Å²) in [5.41, 5.74) is 5.62. The summed E-state index contributed by atoms with van der Waals surface area (Å²) in [6, 6.07) is 18.4. The summed E-state index contributed by atoms with van der Waals surface area (Å²) < 4.78 is 1.88. The van der Waals surface area contributed by atoms with Gasteiger partial charge in [-0.05, 0) is 49.4 Å². The number of nitrogens with one attached hydrogen (secondary N) is 1. The van der Waals surface area contributed by atoms with Crippen molar-refractivity contribution in [1.29, 1.82) is 0 Å². The van der Waals surface area contributed by atoms with Gasteiger partial charge in [-0.1, -0.05) is 53.2 Å². The van der Waals surface area contributed by atoms with E-state index in [0.717, 1.165) is 16.8 Å². The van der Waals surface area contributed by atoms with Gasteiger partial charge in [-0.3, -0.25) is 14.3 Å². The Morgan fingerprint density at radius 3 is 2.48 bits per heavy atom. The second kappa shape index (κ2) is 10.6. The first-order valence-electron chi connectivity index (χ1n) is 9.85. The molecule has 0 atom stereocenters. The van der Waals surface area contributed by atoms with Crippen molar-refractivity contribution < 1.29 is 4.79 Å². The zero-order valence-corrected chi connectivity index (χ0v) is 19.8. The third kappa shape index (κ3) is 5.60. The summed E-state index contributed by atoms with van der Waals surface area (Å²) in [5, 5.41) is 14.6. The molecule has 1 N–H and O–H groups in total. The molecule has 2 aromatic heterocycles. The van der Waals surface area contributed by atoms with Crippen LogP contribution in [0.15, 0.2) is 83.3 Å². The molecule has 0 spiro atoms. The average Bonchev–Trinajstić information content (AvgIpc) is 3.26. The molecule has 4 rings (SSSR count). The van der Waals surface area contributed by atoms with E-state index in [1.807, 2.05) is 47.0 Å². The zero-order chi connectivity index (χ0) is 23.2. The van der Waals surface area contributed by atoms with E-state index < -0.39 is 0 Å². The third-order valence-electron chi connectivity index (χ3n) is 4.60. The minimum atomic E-state index is -0.275. The van der Waals surface area contributed by atoms with E-state index in [2.05, 4.69) is 25.7 Å². The van der Waals surface area contributed by atoms with Crippen molar-refractivity contribution in [2.75, 3.05) is 5.75 Å². The minimum absolute atomic E-state index is 0.0986. The second-order valence-corrected chi connectivity index (χ2v) is 8.64. The Morgan fingerprint density at radius 2 is 1.76 bits per heavy atom. The highest BCUT2D eigenvalue weighted by atomic mass is 35.5. The molecule has 7 nitrogen and oxygen atoms in total. The number of nitrogens with zero attached hydrogens (tertiary/aromatic N) is 5. The summed E-state index contributed by atoms with van der Waals surface area (Å²) in [6.45, 7) is 1.78. The van der Waals surface area contributed by atoms with E-state index in [9.17, 15) is 4.79 Å². The Hall–Kier alpha value is -3.20. The van der Waals surface area contributed by atoms with Crippen molar-refractivity contribution >= 4 is 46.6 Å². The van der Waals surface area contributed by atoms with Crippen LogP contribution in [-0.4, -0.2) is 37.1 Å². The van der Waals surface area contributed by atoms with Crippen LogP contribution in [0.3, 0.4) is 0 Å². The van der Waals surface area contributed by atoms with E-state index in [4.69, 9.17) is 23.2 Å². The maximum Gasteiger partial charge on any atom is 0.250 e. The molecule has 0 saturated heterocycles. The van der Waals surface area contributed by atoms with Crippen LogP contribution in [0.5, 0.6) is 0 Å². The molecular weight excluding hydrogens is 479 g/mol. The number of aromatic nitrogens is 4. The van der Waals surface area contributed by atoms with Crippen LogP contribution in [0.1, 0.15) is 12.5 Å². The van der Waals surface area contributed by atoms with Crippen LogP contribution >= 0.6 is 35.0 Å². The highest BCUT2D eigenvalue weighted by Gasteiger charge is 2.17. The van der Waals surface area contributed by atoms with Gasteiger partial charge in [0.2, 0.25) is 0 Å². The van der Waals surface area contributed by atoms with E-state index in [0.29, 0.717) is 26.7 Å². The molecule has 0 saturated carbocycles.